The molecule has 0 spiro atoms. The number of benzene rings is 1. The molecule has 26 heavy (non-hydrogen) atoms. The van der Waals surface area contributed by atoms with Gasteiger partial charge in [-0.15, -0.1) is 10.2 Å². The van der Waals surface area contributed by atoms with Gasteiger partial charge >= 0.3 is 0 Å². The fourth-order valence-corrected chi connectivity index (χ4v) is 4.12. The highest BCUT2D eigenvalue weighted by Crippen LogP contribution is 2.54. The Labute approximate surface area is 152 Å². The molecule has 2 heterocycles. The summed E-state index contributed by atoms with van der Waals surface area (Å²) in [6.45, 7) is 0.854. The fraction of sp³-hybridized carbons (Fsp3) is 0.529. The van der Waals surface area contributed by atoms with E-state index in [2.05, 4.69) is 16.3 Å². The van der Waals surface area contributed by atoms with Gasteiger partial charge in [0.05, 0.1) is 20.0 Å². The number of hydrogen-bond acceptors (Lipinski definition) is 7. The van der Waals surface area contributed by atoms with Crippen molar-refractivity contribution in [3.05, 3.63) is 41.6 Å². The number of hydrogen-bond donors (Lipinski definition) is 0. The maximum absolute atomic E-state index is 11.7. The van der Waals surface area contributed by atoms with Gasteiger partial charge in [-0.05, 0) is 30.0 Å². The third kappa shape index (κ3) is 3.46. The number of methoxy groups -OCH3 is 1. The molecule has 1 aliphatic carbocycles. The van der Waals surface area contributed by atoms with Crippen LogP contribution in [-0.4, -0.2) is 56.0 Å². The molecule has 0 N–H and O–H groups in total. The zero-order valence-corrected chi connectivity index (χ0v) is 15.5. The van der Waals surface area contributed by atoms with E-state index in [1.165, 1.54) is 16.1 Å². The Hall–Kier alpha value is -1.97. The predicted molar refractivity (Wildman–Crippen MR) is 92.5 cm³/mol. The van der Waals surface area contributed by atoms with E-state index in [0.29, 0.717) is 30.9 Å². The summed E-state index contributed by atoms with van der Waals surface area (Å²) in [5.41, 5.74) is 1.19. The number of nitrogens with zero attached hydrogens (tertiary/aromatic N) is 3. The first-order chi connectivity index (χ1) is 12.5. The Morgan fingerprint density at radius 2 is 2.04 bits per heavy atom. The minimum absolute atomic E-state index is 0.179. The molecule has 1 aromatic heterocycles. The lowest BCUT2D eigenvalue weighted by Crippen LogP contribution is -2.41. The average Bonchev–Trinajstić information content (AvgIpc) is 3.29. The quantitative estimate of drug-likeness (QED) is 0.780. The summed E-state index contributed by atoms with van der Waals surface area (Å²) in [6, 6.07) is 7.98. The lowest BCUT2D eigenvalue weighted by Gasteiger charge is -2.29. The van der Waals surface area contributed by atoms with Crippen molar-refractivity contribution >= 4 is 10.0 Å². The van der Waals surface area contributed by atoms with Crippen LogP contribution in [0.15, 0.2) is 28.7 Å². The second-order valence-corrected chi connectivity index (χ2v) is 8.67. The highest BCUT2D eigenvalue weighted by atomic mass is 32.2. The van der Waals surface area contributed by atoms with E-state index in [-0.39, 0.29) is 12.5 Å². The first kappa shape index (κ1) is 17.4. The molecule has 1 aliphatic heterocycles. The number of aromatic nitrogens is 2. The number of morpholine rings is 1. The number of ether oxygens (including phenoxy) is 2. The lowest BCUT2D eigenvalue weighted by molar-refractivity contribution is -0.0176. The van der Waals surface area contributed by atoms with Crippen LogP contribution < -0.4 is 4.74 Å². The standard InChI is InChI=1S/C17H21N3O5S/c1-23-12-5-3-4-11(8-12)13-9-14(13)16-18-19-17(25-16)15-10-20(6-7-24-15)26(2,21)22/h3-5,8,13-15H,6-7,9-10H2,1-2H3/t13-,14+,15+/m0/s1. The van der Waals surface area contributed by atoms with Gasteiger partial charge in [0.25, 0.3) is 0 Å². The third-order valence-electron chi connectivity index (χ3n) is 4.86. The van der Waals surface area contributed by atoms with Gasteiger partial charge in [0.1, 0.15) is 11.9 Å². The van der Waals surface area contributed by atoms with Crippen molar-refractivity contribution in [3.8, 4) is 5.75 Å². The van der Waals surface area contributed by atoms with Crippen LogP contribution in [0.25, 0.3) is 0 Å². The molecule has 4 rings (SSSR count). The highest BCUT2D eigenvalue weighted by molar-refractivity contribution is 7.88. The van der Waals surface area contributed by atoms with Crippen LogP contribution in [0.2, 0.25) is 0 Å². The monoisotopic (exact) mass is 379 g/mol. The van der Waals surface area contributed by atoms with E-state index in [9.17, 15) is 8.42 Å². The first-order valence-electron chi connectivity index (χ1n) is 8.49. The highest BCUT2D eigenvalue weighted by Gasteiger charge is 2.44. The van der Waals surface area contributed by atoms with Gasteiger partial charge in [-0.1, -0.05) is 12.1 Å². The van der Waals surface area contributed by atoms with Gasteiger partial charge < -0.3 is 13.9 Å². The zero-order valence-electron chi connectivity index (χ0n) is 14.7. The van der Waals surface area contributed by atoms with E-state index < -0.39 is 16.1 Å². The minimum Gasteiger partial charge on any atom is -0.497 e. The van der Waals surface area contributed by atoms with Crippen LogP contribution >= 0.6 is 0 Å². The predicted octanol–water partition coefficient (Wildman–Crippen LogP) is 1.68. The summed E-state index contributed by atoms with van der Waals surface area (Å²) < 4.78 is 41.6. The van der Waals surface area contributed by atoms with E-state index in [0.717, 1.165) is 12.2 Å². The summed E-state index contributed by atoms with van der Waals surface area (Å²) in [5.74, 6) is 2.25. The second kappa shape index (κ2) is 6.64. The molecule has 0 amide bonds. The molecule has 1 saturated heterocycles. The molecule has 9 heteroatoms. The second-order valence-electron chi connectivity index (χ2n) is 6.68. The van der Waals surface area contributed by atoms with Crippen molar-refractivity contribution in [3.63, 3.8) is 0 Å². The van der Waals surface area contributed by atoms with Crippen molar-refractivity contribution in [2.45, 2.75) is 24.4 Å². The topological polar surface area (TPSA) is 94.8 Å². The number of sulfonamides is 1. The Bertz CT molecular complexity index is 897. The molecule has 8 nitrogen and oxygen atoms in total. The van der Waals surface area contributed by atoms with Gasteiger partial charge in [-0.3, -0.25) is 0 Å². The maximum Gasteiger partial charge on any atom is 0.246 e. The van der Waals surface area contributed by atoms with E-state index >= 15 is 0 Å². The van der Waals surface area contributed by atoms with E-state index in [4.69, 9.17) is 13.9 Å². The lowest BCUT2D eigenvalue weighted by atomic mass is 10.1. The van der Waals surface area contributed by atoms with Crippen molar-refractivity contribution < 1.29 is 22.3 Å². The summed E-state index contributed by atoms with van der Waals surface area (Å²) in [4.78, 5) is 0. The molecule has 1 saturated carbocycles. The third-order valence-corrected chi connectivity index (χ3v) is 6.13. The SMILES string of the molecule is COc1cccc([C@@H]2C[C@H]2c2nnc([C@H]3CN(S(C)(=O)=O)CCO3)o2)c1. The normalized spacial score (nSPS) is 26.6. The van der Waals surface area contributed by atoms with Gasteiger partial charge in [-0.25, -0.2) is 8.42 Å². The summed E-state index contributed by atoms with van der Waals surface area (Å²) in [6.07, 6.45) is 1.61. The molecule has 2 aliphatic rings. The summed E-state index contributed by atoms with van der Waals surface area (Å²) in [5, 5.41) is 8.25. The molecule has 1 aromatic carbocycles. The average molecular weight is 379 g/mol. The van der Waals surface area contributed by atoms with Gasteiger partial charge in [-0.2, -0.15) is 4.31 Å². The van der Waals surface area contributed by atoms with Crippen LogP contribution in [0.1, 0.15) is 41.7 Å². The van der Waals surface area contributed by atoms with Gasteiger partial charge in [0.15, 0.2) is 0 Å². The molecule has 140 valence electrons. The van der Waals surface area contributed by atoms with Crippen LogP contribution in [0.5, 0.6) is 5.75 Å². The molecular weight excluding hydrogens is 358 g/mol. The van der Waals surface area contributed by atoms with E-state index in [1.54, 1.807) is 7.11 Å². The minimum atomic E-state index is -3.26. The fourth-order valence-electron chi connectivity index (χ4n) is 3.31. The zero-order chi connectivity index (χ0) is 18.3. The summed E-state index contributed by atoms with van der Waals surface area (Å²) >= 11 is 0. The largest absolute Gasteiger partial charge is 0.497 e. The van der Waals surface area contributed by atoms with E-state index in [1.807, 2.05) is 18.2 Å². The smallest absolute Gasteiger partial charge is 0.246 e. The summed E-state index contributed by atoms with van der Waals surface area (Å²) in [7, 11) is -1.61. The van der Waals surface area contributed by atoms with Crippen molar-refractivity contribution in [2.75, 3.05) is 33.1 Å². The molecule has 0 unspecified atom stereocenters. The first-order valence-corrected chi connectivity index (χ1v) is 10.3. The van der Waals surface area contributed by atoms with Crippen molar-refractivity contribution in [2.24, 2.45) is 0 Å². The molecule has 0 bridgehead atoms. The molecule has 2 aromatic rings. The maximum atomic E-state index is 11.7. The van der Waals surface area contributed by atoms with Crippen LogP contribution in [0.4, 0.5) is 0 Å². The molecule has 2 fully saturated rings. The van der Waals surface area contributed by atoms with Crippen molar-refractivity contribution in [1.29, 1.82) is 0 Å². The van der Waals surface area contributed by atoms with Crippen molar-refractivity contribution in [1.82, 2.24) is 14.5 Å². The Balaban J connectivity index is 1.46. The number of rotatable bonds is 5. The molecule has 0 radical (unpaired) electrons. The molecule has 3 atom stereocenters. The Morgan fingerprint density at radius 1 is 1.23 bits per heavy atom. The van der Waals surface area contributed by atoms with Gasteiger partial charge in [0, 0.05) is 19.0 Å². The van der Waals surface area contributed by atoms with Crippen LogP contribution in [-0.2, 0) is 14.8 Å². The van der Waals surface area contributed by atoms with Gasteiger partial charge in [0.2, 0.25) is 21.8 Å². The van der Waals surface area contributed by atoms with Crippen LogP contribution in [0.3, 0.4) is 0 Å². The van der Waals surface area contributed by atoms with Crippen LogP contribution in [0, 0.1) is 0 Å². The molecular formula is C17H21N3O5S. The Morgan fingerprint density at radius 3 is 2.81 bits per heavy atom. The Kier molecular flexibility index (Phi) is 4.45.